The normalized spacial score (nSPS) is 24.6. The van der Waals surface area contributed by atoms with Crippen LogP contribution in [0.15, 0.2) is 17.5 Å². The van der Waals surface area contributed by atoms with Gasteiger partial charge in [-0.2, -0.15) is 0 Å². The highest BCUT2D eigenvalue weighted by Gasteiger charge is 2.30. The molecule has 1 aliphatic rings. The van der Waals surface area contributed by atoms with E-state index in [0.29, 0.717) is 18.0 Å². The van der Waals surface area contributed by atoms with Crippen molar-refractivity contribution in [3.05, 3.63) is 22.4 Å². The fourth-order valence-corrected chi connectivity index (χ4v) is 4.14. The van der Waals surface area contributed by atoms with E-state index < -0.39 is 0 Å². The SMILES string of the molecule is CCC(C)C1CN(C(c2cccs2)C(C)C)CCN1. The van der Waals surface area contributed by atoms with Gasteiger partial charge in [0.2, 0.25) is 0 Å². The summed E-state index contributed by atoms with van der Waals surface area (Å²) in [5.74, 6) is 1.44. The van der Waals surface area contributed by atoms with Crippen molar-refractivity contribution in [2.24, 2.45) is 11.8 Å². The van der Waals surface area contributed by atoms with E-state index in [0.717, 1.165) is 12.5 Å². The molecule has 1 fully saturated rings. The van der Waals surface area contributed by atoms with Crippen LogP contribution in [-0.4, -0.2) is 30.6 Å². The van der Waals surface area contributed by atoms with Crippen LogP contribution in [-0.2, 0) is 0 Å². The summed E-state index contributed by atoms with van der Waals surface area (Å²) in [6, 6.07) is 5.73. The first-order valence-electron chi connectivity index (χ1n) is 7.64. The van der Waals surface area contributed by atoms with Crippen LogP contribution in [0.5, 0.6) is 0 Å². The average Bonchev–Trinajstić information content (AvgIpc) is 2.91. The minimum atomic E-state index is 0.591. The van der Waals surface area contributed by atoms with Crippen molar-refractivity contribution < 1.29 is 0 Å². The minimum Gasteiger partial charge on any atom is -0.311 e. The maximum absolute atomic E-state index is 3.70. The van der Waals surface area contributed by atoms with E-state index in [1.165, 1.54) is 24.4 Å². The third kappa shape index (κ3) is 3.59. The van der Waals surface area contributed by atoms with Gasteiger partial charge in [-0.25, -0.2) is 0 Å². The number of nitrogens with one attached hydrogen (secondary N) is 1. The van der Waals surface area contributed by atoms with Gasteiger partial charge in [-0.05, 0) is 23.3 Å². The van der Waals surface area contributed by atoms with Crippen molar-refractivity contribution in [2.75, 3.05) is 19.6 Å². The van der Waals surface area contributed by atoms with Crippen LogP contribution in [0, 0.1) is 11.8 Å². The van der Waals surface area contributed by atoms with E-state index >= 15 is 0 Å². The molecule has 0 amide bonds. The first kappa shape index (κ1) is 15.0. The Morgan fingerprint density at radius 2 is 2.21 bits per heavy atom. The summed E-state index contributed by atoms with van der Waals surface area (Å²) in [4.78, 5) is 4.23. The largest absolute Gasteiger partial charge is 0.311 e. The van der Waals surface area contributed by atoms with Gasteiger partial charge in [0.05, 0.1) is 0 Å². The van der Waals surface area contributed by atoms with Crippen molar-refractivity contribution in [3.63, 3.8) is 0 Å². The summed E-state index contributed by atoms with van der Waals surface area (Å²) in [6.45, 7) is 12.9. The molecule has 0 spiro atoms. The second-order valence-electron chi connectivity index (χ2n) is 6.15. The summed E-state index contributed by atoms with van der Waals surface area (Å²) in [5.41, 5.74) is 0. The van der Waals surface area contributed by atoms with Crippen LogP contribution in [0.3, 0.4) is 0 Å². The molecule has 2 nitrogen and oxygen atoms in total. The lowest BCUT2D eigenvalue weighted by molar-refractivity contribution is 0.0983. The monoisotopic (exact) mass is 280 g/mol. The molecular formula is C16H28N2S. The van der Waals surface area contributed by atoms with Crippen LogP contribution in [0.25, 0.3) is 0 Å². The predicted molar refractivity (Wildman–Crippen MR) is 84.7 cm³/mol. The van der Waals surface area contributed by atoms with Crippen molar-refractivity contribution in [1.82, 2.24) is 10.2 Å². The predicted octanol–water partition coefficient (Wildman–Crippen LogP) is 3.77. The van der Waals surface area contributed by atoms with Crippen LogP contribution < -0.4 is 5.32 Å². The summed E-state index contributed by atoms with van der Waals surface area (Å²) in [7, 11) is 0. The van der Waals surface area contributed by atoms with Gasteiger partial charge in [-0.3, -0.25) is 4.90 Å². The zero-order chi connectivity index (χ0) is 13.8. The lowest BCUT2D eigenvalue weighted by Gasteiger charge is -2.42. The number of hydrogen-bond acceptors (Lipinski definition) is 3. The summed E-state index contributed by atoms with van der Waals surface area (Å²) < 4.78 is 0. The van der Waals surface area contributed by atoms with Gasteiger partial charge >= 0.3 is 0 Å². The Morgan fingerprint density at radius 1 is 1.42 bits per heavy atom. The molecule has 1 saturated heterocycles. The third-order valence-electron chi connectivity index (χ3n) is 4.43. The van der Waals surface area contributed by atoms with Crippen LogP contribution >= 0.6 is 11.3 Å². The van der Waals surface area contributed by atoms with Gasteiger partial charge in [-0.15, -0.1) is 11.3 Å². The Hall–Kier alpha value is -0.380. The summed E-state index contributed by atoms with van der Waals surface area (Å²) in [5, 5.41) is 5.91. The molecule has 0 aliphatic carbocycles. The molecule has 1 N–H and O–H groups in total. The molecule has 19 heavy (non-hydrogen) atoms. The fourth-order valence-electron chi connectivity index (χ4n) is 3.11. The topological polar surface area (TPSA) is 15.3 Å². The quantitative estimate of drug-likeness (QED) is 0.883. The summed E-state index contributed by atoms with van der Waals surface area (Å²) >= 11 is 1.91. The molecule has 3 unspecified atom stereocenters. The number of rotatable bonds is 5. The lowest BCUT2D eigenvalue weighted by Crippen LogP contribution is -2.54. The van der Waals surface area contributed by atoms with E-state index in [4.69, 9.17) is 0 Å². The molecule has 3 heteroatoms. The van der Waals surface area contributed by atoms with Crippen LogP contribution in [0.1, 0.15) is 45.0 Å². The first-order chi connectivity index (χ1) is 9.13. The highest BCUT2D eigenvalue weighted by atomic mass is 32.1. The molecule has 0 saturated carbocycles. The third-order valence-corrected chi connectivity index (χ3v) is 5.37. The second-order valence-corrected chi connectivity index (χ2v) is 7.12. The van der Waals surface area contributed by atoms with Gasteiger partial charge in [0.25, 0.3) is 0 Å². The minimum absolute atomic E-state index is 0.591. The second kappa shape index (κ2) is 6.87. The van der Waals surface area contributed by atoms with Gasteiger partial charge in [0.1, 0.15) is 0 Å². The van der Waals surface area contributed by atoms with E-state index in [2.05, 4.69) is 55.4 Å². The van der Waals surface area contributed by atoms with Gasteiger partial charge < -0.3 is 5.32 Å². The Labute approximate surface area is 122 Å². The Kier molecular flexibility index (Phi) is 5.43. The Bertz CT molecular complexity index is 361. The van der Waals surface area contributed by atoms with E-state index in [9.17, 15) is 0 Å². The molecule has 0 bridgehead atoms. The molecule has 2 rings (SSSR count). The van der Waals surface area contributed by atoms with Crippen LogP contribution in [0.4, 0.5) is 0 Å². The van der Waals surface area contributed by atoms with Crippen molar-refractivity contribution in [2.45, 2.75) is 46.2 Å². The maximum Gasteiger partial charge on any atom is 0.0465 e. The molecular weight excluding hydrogens is 252 g/mol. The van der Waals surface area contributed by atoms with E-state index in [1.807, 2.05) is 11.3 Å². The van der Waals surface area contributed by atoms with Gasteiger partial charge in [-0.1, -0.05) is 40.2 Å². The van der Waals surface area contributed by atoms with Gasteiger partial charge in [0.15, 0.2) is 0 Å². The van der Waals surface area contributed by atoms with Crippen LogP contribution in [0.2, 0.25) is 0 Å². The number of hydrogen-bond donors (Lipinski definition) is 1. The molecule has 3 atom stereocenters. The molecule has 0 radical (unpaired) electrons. The van der Waals surface area contributed by atoms with E-state index in [-0.39, 0.29) is 0 Å². The zero-order valence-electron chi connectivity index (χ0n) is 12.7. The lowest BCUT2D eigenvalue weighted by atomic mass is 9.94. The van der Waals surface area contributed by atoms with Crippen molar-refractivity contribution in [3.8, 4) is 0 Å². The standard InChI is InChI=1S/C16H28N2S/c1-5-13(4)14-11-18(9-8-17-14)16(12(2)3)15-7-6-10-19-15/h6-7,10,12-14,16-17H,5,8-9,11H2,1-4H3. The van der Waals surface area contributed by atoms with Gasteiger partial charge in [0, 0.05) is 36.6 Å². The Balaban J connectivity index is 2.09. The molecule has 108 valence electrons. The molecule has 1 aromatic heterocycles. The highest BCUT2D eigenvalue weighted by molar-refractivity contribution is 7.10. The number of thiophene rings is 1. The number of nitrogens with zero attached hydrogens (tertiary/aromatic N) is 1. The average molecular weight is 280 g/mol. The zero-order valence-corrected chi connectivity index (χ0v) is 13.5. The smallest absolute Gasteiger partial charge is 0.0465 e. The van der Waals surface area contributed by atoms with E-state index in [1.54, 1.807) is 0 Å². The molecule has 1 aromatic rings. The fraction of sp³-hybridized carbons (Fsp3) is 0.750. The molecule has 0 aromatic carbocycles. The number of piperazine rings is 1. The van der Waals surface area contributed by atoms with Crippen molar-refractivity contribution in [1.29, 1.82) is 0 Å². The molecule has 2 heterocycles. The highest BCUT2D eigenvalue weighted by Crippen LogP contribution is 2.33. The maximum atomic E-state index is 3.70. The summed E-state index contributed by atoms with van der Waals surface area (Å²) in [6.07, 6.45) is 1.26. The Morgan fingerprint density at radius 3 is 2.79 bits per heavy atom. The van der Waals surface area contributed by atoms with Crippen molar-refractivity contribution >= 4 is 11.3 Å². The first-order valence-corrected chi connectivity index (χ1v) is 8.52. The molecule has 1 aliphatic heterocycles.